The van der Waals surface area contributed by atoms with Gasteiger partial charge in [-0.3, -0.25) is 14.4 Å². The van der Waals surface area contributed by atoms with E-state index < -0.39 is 18.0 Å². The largest absolute Gasteiger partial charge is 0.463 e. The highest BCUT2D eigenvalue weighted by molar-refractivity contribution is 5.81. The van der Waals surface area contributed by atoms with Crippen LogP contribution in [-0.2, 0) is 19.1 Å². The molecule has 2 unspecified atom stereocenters. The molecule has 10 heteroatoms. The van der Waals surface area contributed by atoms with Crippen LogP contribution in [0, 0.1) is 0 Å². The standard InChI is InChI=1S/C19H40N6O4/c1-4-15(20)19(28)24-12-10-22-9-11-23-16(18(21)27)14-29-17(26)8-7-13-25(5-2)6-3/h15-16,22-23H,4-14,20H2,1-3H3,(H2,21,27)(H,24,28). The number of primary amides is 1. The molecule has 0 fully saturated rings. The molecule has 2 atom stereocenters. The number of carbonyl (C=O) groups excluding carboxylic acids is 3. The molecule has 0 aromatic rings. The number of nitrogens with zero attached hydrogens (tertiary/aromatic N) is 1. The summed E-state index contributed by atoms with van der Waals surface area (Å²) in [5, 5.41) is 8.82. The van der Waals surface area contributed by atoms with Gasteiger partial charge in [-0.25, -0.2) is 0 Å². The van der Waals surface area contributed by atoms with Crippen molar-refractivity contribution in [2.45, 2.75) is 52.1 Å². The maximum atomic E-state index is 11.8. The molecule has 0 saturated heterocycles. The van der Waals surface area contributed by atoms with E-state index in [0.717, 1.165) is 26.1 Å². The van der Waals surface area contributed by atoms with Crippen molar-refractivity contribution < 1.29 is 19.1 Å². The summed E-state index contributed by atoms with van der Waals surface area (Å²) in [5.74, 6) is -1.06. The lowest BCUT2D eigenvalue weighted by molar-refractivity contribution is -0.145. The fourth-order valence-electron chi connectivity index (χ4n) is 2.53. The van der Waals surface area contributed by atoms with Crippen molar-refractivity contribution in [1.82, 2.24) is 20.9 Å². The lowest BCUT2D eigenvalue weighted by Gasteiger charge is -2.18. The van der Waals surface area contributed by atoms with Crippen LogP contribution in [0.25, 0.3) is 0 Å². The zero-order valence-corrected chi connectivity index (χ0v) is 18.2. The molecule has 0 radical (unpaired) electrons. The number of esters is 1. The van der Waals surface area contributed by atoms with Crippen LogP contribution in [0.3, 0.4) is 0 Å². The fourth-order valence-corrected chi connectivity index (χ4v) is 2.53. The number of hydrogen-bond acceptors (Lipinski definition) is 8. The number of amides is 2. The number of nitrogens with one attached hydrogen (secondary N) is 3. The summed E-state index contributed by atoms with van der Waals surface area (Å²) in [4.78, 5) is 37.1. The summed E-state index contributed by atoms with van der Waals surface area (Å²) in [5.41, 5.74) is 11.0. The van der Waals surface area contributed by atoms with Crippen LogP contribution < -0.4 is 27.4 Å². The Kier molecular flexibility index (Phi) is 16.1. The van der Waals surface area contributed by atoms with E-state index in [1.54, 1.807) is 0 Å². The van der Waals surface area contributed by atoms with Gasteiger partial charge in [-0.2, -0.15) is 0 Å². The van der Waals surface area contributed by atoms with Gasteiger partial charge in [0.15, 0.2) is 0 Å². The highest BCUT2D eigenvalue weighted by Crippen LogP contribution is 1.98. The lowest BCUT2D eigenvalue weighted by atomic mass is 10.2. The molecule has 10 nitrogen and oxygen atoms in total. The normalized spacial score (nSPS) is 13.1. The zero-order valence-electron chi connectivity index (χ0n) is 18.2. The molecule has 0 aliphatic carbocycles. The first-order valence-electron chi connectivity index (χ1n) is 10.5. The lowest BCUT2D eigenvalue weighted by Crippen LogP contribution is -2.47. The molecule has 0 aliphatic heterocycles. The molecule has 0 heterocycles. The maximum absolute atomic E-state index is 11.8. The molecule has 0 bridgehead atoms. The van der Waals surface area contributed by atoms with E-state index in [1.165, 1.54) is 0 Å². The Bertz CT molecular complexity index is 474. The first-order valence-corrected chi connectivity index (χ1v) is 10.5. The van der Waals surface area contributed by atoms with Gasteiger partial charge in [-0.15, -0.1) is 0 Å². The summed E-state index contributed by atoms with van der Waals surface area (Å²) in [6.45, 7) is 10.8. The van der Waals surface area contributed by atoms with Gasteiger partial charge >= 0.3 is 5.97 Å². The predicted molar refractivity (Wildman–Crippen MR) is 113 cm³/mol. The third kappa shape index (κ3) is 14.0. The minimum Gasteiger partial charge on any atom is -0.463 e. The van der Waals surface area contributed by atoms with Crippen molar-refractivity contribution >= 4 is 17.8 Å². The Morgan fingerprint density at radius 2 is 1.69 bits per heavy atom. The molecule has 0 aromatic carbocycles. The molecule has 0 saturated carbocycles. The van der Waals surface area contributed by atoms with Crippen LogP contribution in [0.4, 0.5) is 0 Å². The van der Waals surface area contributed by atoms with Gasteiger partial charge in [0.2, 0.25) is 11.8 Å². The second-order valence-electron chi connectivity index (χ2n) is 6.78. The summed E-state index contributed by atoms with van der Waals surface area (Å²) >= 11 is 0. The van der Waals surface area contributed by atoms with Crippen LogP contribution in [0.1, 0.15) is 40.0 Å². The van der Waals surface area contributed by atoms with Crippen LogP contribution in [0.15, 0.2) is 0 Å². The molecule has 0 aromatic heterocycles. The van der Waals surface area contributed by atoms with Crippen molar-refractivity contribution in [2.24, 2.45) is 11.5 Å². The summed E-state index contributed by atoms with van der Waals surface area (Å²) in [6.07, 6.45) is 1.63. The van der Waals surface area contributed by atoms with E-state index in [9.17, 15) is 14.4 Å². The summed E-state index contributed by atoms with van der Waals surface area (Å²) in [6, 6.07) is -1.21. The number of carbonyl (C=O) groups is 3. The van der Waals surface area contributed by atoms with E-state index in [1.807, 2.05) is 6.92 Å². The average Bonchev–Trinajstić information content (AvgIpc) is 2.71. The topological polar surface area (TPSA) is 152 Å². The monoisotopic (exact) mass is 416 g/mol. The van der Waals surface area contributed by atoms with Crippen molar-refractivity contribution in [3.8, 4) is 0 Å². The molecule has 7 N–H and O–H groups in total. The maximum Gasteiger partial charge on any atom is 0.305 e. The van der Waals surface area contributed by atoms with Crippen molar-refractivity contribution in [3.63, 3.8) is 0 Å². The van der Waals surface area contributed by atoms with E-state index in [0.29, 0.717) is 39.0 Å². The first-order chi connectivity index (χ1) is 13.8. The molecule has 0 aliphatic rings. The summed E-state index contributed by atoms with van der Waals surface area (Å²) < 4.78 is 5.17. The van der Waals surface area contributed by atoms with Gasteiger partial charge in [0.05, 0.1) is 6.04 Å². The Morgan fingerprint density at radius 3 is 2.28 bits per heavy atom. The van der Waals surface area contributed by atoms with Crippen LogP contribution in [0.2, 0.25) is 0 Å². The Balaban J connectivity index is 3.88. The third-order valence-electron chi connectivity index (χ3n) is 4.57. The minimum absolute atomic E-state index is 0.0790. The Hall–Kier alpha value is -1.75. The number of hydrogen-bond donors (Lipinski definition) is 5. The van der Waals surface area contributed by atoms with Crippen molar-refractivity contribution in [3.05, 3.63) is 0 Å². The van der Waals surface area contributed by atoms with Gasteiger partial charge in [0, 0.05) is 32.6 Å². The smallest absolute Gasteiger partial charge is 0.305 e. The number of nitrogens with two attached hydrogens (primary N) is 2. The quantitative estimate of drug-likeness (QED) is 0.134. The third-order valence-corrected chi connectivity index (χ3v) is 4.57. The highest BCUT2D eigenvalue weighted by Gasteiger charge is 2.17. The van der Waals surface area contributed by atoms with Crippen LogP contribution >= 0.6 is 0 Å². The van der Waals surface area contributed by atoms with Gasteiger partial charge in [0.25, 0.3) is 0 Å². The van der Waals surface area contributed by atoms with Crippen molar-refractivity contribution in [2.75, 3.05) is 52.4 Å². The molecule has 0 spiro atoms. The second kappa shape index (κ2) is 17.1. The molecule has 170 valence electrons. The second-order valence-corrected chi connectivity index (χ2v) is 6.78. The Morgan fingerprint density at radius 1 is 1.03 bits per heavy atom. The molecule has 0 rings (SSSR count). The minimum atomic E-state index is -0.731. The molecular weight excluding hydrogens is 376 g/mol. The highest BCUT2D eigenvalue weighted by atomic mass is 16.5. The molecule has 29 heavy (non-hydrogen) atoms. The zero-order chi connectivity index (χ0) is 22.1. The summed E-state index contributed by atoms with van der Waals surface area (Å²) in [7, 11) is 0. The molecule has 2 amide bonds. The van der Waals surface area contributed by atoms with E-state index >= 15 is 0 Å². The van der Waals surface area contributed by atoms with Gasteiger partial charge in [-0.1, -0.05) is 20.8 Å². The Labute approximate surface area is 174 Å². The fraction of sp³-hybridized carbons (Fsp3) is 0.842. The first kappa shape index (κ1) is 27.2. The van der Waals surface area contributed by atoms with Gasteiger partial charge in [0.1, 0.15) is 12.6 Å². The number of ether oxygens (including phenoxy) is 1. The van der Waals surface area contributed by atoms with Crippen LogP contribution in [0.5, 0.6) is 0 Å². The van der Waals surface area contributed by atoms with Crippen molar-refractivity contribution in [1.29, 1.82) is 0 Å². The predicted octanol–water partition coefficient (Wildman–Crippen LogP) is -1.46. The number of rotatable bonds is 18. The van der Waals surface area contributed by atoms with E-state index in [2.05, 4.69) is 34.7 Å². The average molecular weight is 417 g/mol. The SMILES string of the molecule is CCC(N)C(=O)NCCNCCNC(COC(=O)CCCN(CC)CC)C(N)=O. The van der Waals surface area contributed by atoms with Gasteiger partial charge < -0.3 is 37.1 Å². The molecular formula is C19H40N6O4. The van der Waals surface area contributed by atoms with E-state index in [4.69, 9.17) is 16.2 Å². The van der Waals surface area contributed by atoms with Gasteiger partial charge in [-0.05, 0) is 32.5 Å². The van der Waals surface area contributed by atoms with E-state index in [-0.39, 0.29) is 18.5 Å². The van der Waals surface area contributed by atoms with Crippen LogP contribution in [-0.4, -0.2) is 87.2 Å².